The Morgan fingerprint density at radius 2 is 1.34 bits per heavy atom. The maximum absolute atomic E-state index is 14.7. The largest absolute Gasteiger partial charge is 0.457 e. The summed E-state index contributed by atoms with van der Waals surface area (Å²) in [6, 6.07) is 48.1. The number of amides is 2. The summed E-state index contributed by atoms with van der Waals surface area (Å²) in [5.41, 5.74) is 1.85. The molecule has 0 bridgehead atoms. The zero-order valence-corrected chi connectivity index (χ0v) is 42.8. The first-order valence-electron chi connectivity index (χ1n) is 23.4. The van der Waals surface area contributed by atoms with Crippen LogP contribution in [0.1, 0.15) is 66.2 Å². The van der Waals surface area contributed by atoms with Gasteiger partial charge in [-0.2, -0.15) is 0 Å². The smallest absolute Gasteiger partial charge is 0.356 e. The van der Waals surface area contributed by atoms with Gasteiger partial charge in [0.15, 0.2) is 22.8 Å². The molecule has 9 rings (SSSR count). The first-order chi connectivity index (χ1) is 35.8. The van der Waals surface area contributed by atoms with Crippen LogP contribution in [0.5, 0.6) is 0 Å². The average Bonchev–Trinajstić information content (AvgIpc) is 3.88. The fourth-order valence-electron chi connectivity index (χ4n) is 8.63. The molecule has 2 N–H and O–H groups in total. The molecule has 4 heterocycles. The van der Waals surface area contributed by atoms with Crippen molar-refractivity contribution in [2.24, 2.45) is 5.16 Å². The maximum Gasteiger partial charge on any atom is 0.356 e. The number of carbonyl (C=O) groups excluding carboxylic acids is 4. The summed E-state index contributed by atoms with van der Waals surface area (Å²) < 4.78 is 26.1. The number of hydrogen-bond acceptors (Lipinski definition) is 15. The number of benzene rings is 5. The number of ether oxygens (including phenoxy) is 2. The second-order valence-corrected chi connectivity index (χ2v) is 20.8. The minimum atomic E-state index is -1.91. The van der Waals surface area contributed by atoms with Crippen molar-refractivity contribution in [1.29, 1.82) is 0 Å². The van der Waals surface area contributed by atoms with Crippen molar-refractivity contribution < 1.29 is 37.7 Å². The number of anilines is 1. The highest BCUT2D eigenvalue weighted by Gasteiger charge is 2.58. The van der Waals surface area contributed by atoms with Crippen molar-refractivity contribution in [2.45, 2.75) is 49.4 Å². The summed E-state index contributed by atoms with van der Waals surface area (Å²) in [7, 11) is -1.91. The van der Waals surface area contributed by atoms with E-state index in [2.05, 4.69) is 38.4 Å². The molecule has 0 radical (unpaired) electrons. The van der Waals surface area contributed by atoms with Crippen molar-refractivity contribution in [3.8, 4) is 0 Å². The van der Waals surface area contributed by atoms with E-state index in [0.717, 1.165) is 21.6 Å². The van der Waals surface area contributed by atoms with E-state index >= 15 is 0 Å². The number of thiazole rings is 1. The first kappa shape index (κ1) is 50.9. The molecule has 15 nitrogen and oxygen atoms in total. The summed E-state index contributed by atoms with van der Waals surface area (Å²) in [6.45, 7) is 4.44. The molecule has 18 heteroatoms. The number of nitrogens with zero attached hydrogens (tertiary/aromatic N) is 5. The fourth-order valence-corrected chi connectivity index (χ4v) is 11.3. The number of fused-ring (bicyclic) bond motifs is 1. The number of β-lactam (4-membered cyclic amide) rings is 1. The Kier molecular flexibility index (Phi) is 15.4. The molecule has 1 saturated heterocycles. The van der Waals surface area contributed by atoms with Crippen molar-refractivity contribution >= 4 is 74.3 Å². The van der Waals surface area contributed by atoms with Gasteiger partial charge in [0.2, 0.25) is 6.61 Å². The van der Waals surface area contributed by atoms with Gasteiger partial charge in [0.25, 0.3) is 11.8 Å². The number of thiol groups is 1. The van der Waals surface area contributed by atoms with E-state index in [0.29, 0.717) is 16.3 Å². The van der Waals surface area contributed by atoms with Crippen molar-refractivity contribution in [1.82, 2.24) is 25.2 Å². The predicted molar refractivity (Wildman–Crippen MR) is 286 cm³/mol. The Hall–Kier alpha value is -8.06. The van der Waals surface area contributed by atoms with Crippen LogP contribution in [0.2, 0.25) is 0 Å². The topological polar surface area (TPSA) is 191 Å². The highest BCUT2D eigenvalue weighted by Crippen LogP contribution is 2.42. The van der Waals surface area contributed by atoms with Crippen molar-refractivity contribution in [3.63, 3.8) is 0 Å². The van der Waals surface area contributed by atoms with Gasteiger partial charge in [-0.3, -0.25) is 18.7 Å². The standard InChI is InChI=1S/C56H49N7O8S3/c1-55(2,3)71-44(64)33-69-62-45(42-34-73-54(59-42)61-56(39-24-13-6-14-25-39,40-26-15-7-16-27-40)41-28-17-8-18-29-41)50(65)60-46-51(66)63-47(38(35-74(68)52(46)63)32-43(72)49-57-30-19-31-58-49)53(67)70-48(36-20-9-4-10-21-36)37-22-11-5-12-23-37/h4-32,34,46,48,52,72H,33,35H2,1-3H3,(H,59,61)(H,60,65). The molecular formula is C56H49N7O8S3. The number of rotatable bonds is 17. The molecule has 374 valence electrons. The van der Waals surface area contributed by atoms with Gasteiger partial charge in [-0.25, -0.2) is 24.5 Å². The molecule has 3 atom stereocenters. The molecule has 7 aromatic rings. The van der Waals surface area contributed by atoms with E-state index in [1.165, 1.54) is 29.8 Å². The minimum absolute atomic E-state index is 0.0320. The lowest BCUT2D eigenvalue weighted by molar-refractivity contribution is -0.160. The molecule has 0 spiro atoms. The number of aromatic nitrogens is 3. The maximum atomic E-state index is 14.7. The van der Waals surface area contributed by atoms with E-state index in [1.807, 2.05) is 152 Å². The molecule has 0 aliphatic carbocycles. The normalized spacial score (nSPS) is 17.0. The van der Waals surface area contributed by atoms with Crippen molar-refractivity contribution in [3.05, 3.63) is 232 Å². The molecule has 1 fully saturated rings. The minimum Gasteiger partial charge on any atom is -0.457 e. The summed E-state index contributed by atoms with van der Waals surface area (Å²) in [5, 5.41) is 11.3. The van der Waals surface area contributed by atoms with Crippen LogP contribution >= 0.6 is 24.0 Å². The zero-order chi connectivity index (χ0) is 51.8. The molecule has 0 saturated carbocycles. The first-order valence-corrected chi connectivity index (χ1v) is 26.1. The second-order valence-electron chi connectivity index (χ2n) is 18.0. The lowest BCUT2D eigenvalue weighted by Gasteiger charge is -2.49. The number of oxime groups is 1. The Morgan fingerprint density at radius 3 is 1.86 bits per heavy atom. The van der Waals surface area contributed by atoms with E-state index < -0.39 is 75.5 Å². The van der Waals surface area contributed by atoms with Crippen LogP contribution < -0.4 is 10.6 Å². The third kappa shape index (κ3) is 11.1. The van der Waals surface area contributed by atoms with Gasteiger partial charge in [-0.05, 0) is 66.3 Å². The average molecular weight is 1040 g/mol. The lowest BCUT2D eigenvalue weighted by Crippen LogP contribution is -2.74. The van der Waals surface area contributed by atoms with Gasteiger partial charge >= 0.3 is 11.9 Å². The Labute approximate surface area is 439 Å². The number of allylic oxidation sites excluding steroid dienone is 1. The molecule has 74 heavy (non-hydrogen) atoms. The molecule has 2 aromatic heterocycles. The van der Waals surface area contributed by atoms with Gasteiger partial charge in [-0.1, -0.05) is 157 Å². The van der Waals surface area contributed by atoms with E-state index in [-0.39, 0.29) is 33.4 Å². The third-order valence-corrected chi connectivity index (χ3v) is 14.5. The van der Waals surface area contributed by atoms with E-state index in [9.17, 15) is 23.4 Å². The number of nitrogens with one attached hydrogen (secondary N) is 2. The SMILES string of the molecule is CC(C)(C)OC(=O)CON=C(C(=O)NC1C(=O)N2C(C(=O)OC(c3ccccc3)c3ccccc3)=C(C=C(S)c3ncccn3)CS(=O)C12)c1csc(NC(c2ccccc2)(c2ccccc2)c2ccccc2)n1. The highest BCUT2D eigenvalue weighted by atomic mass is 32.2. The summed E-state index contributed by atoms with van der Waals surface area (Å²) >= 11 is 5.82. The van der Waals surface area contributed by atoms with Crippen LogP contribution in [0.15, 0.2) is 198 Å². The van der Waals surface area contributed by atoms with E-state index in [1.54, 1.807) is 32.2 Å². The Bertz CT molecular complexity index is 3130. The summed E-state index contributed by atoms with van der Waals surface area (Å²) in [5.74, 6) is -3.34. The molecule has 5 aromatic carbocycles. The van der Waals surface area contributed by atoms with E-state index in [4.69, 9.17) is 19.3 Å². The lowest BCUT2D eigenvalue weighted by atomic mass is 9.77. The van der Waals surface area contributed by atoms with Crippen LogP contribution in [0.4, 0.5) is 5.13 Å². The molecular weight excluding hydrogens is 995 g/mol. The Balaban J connectivity index is 1.05. The van der Waals surface area contributed by atoms with Gasteiger partial charge in [0.1, 0.15) is 33.9 Å². The quantitative estimate of drug-likeness (QED) is 0.0198. The van der Waals surface area contributed by atoms with Crippen LogP contribution in [0, 0.1) is 0 Å². The fraction of sp³-hybridized carbons (Fsp3) is 0.179. The molecule has 2 aliphatic heterocycles. The van der Waals surface area contributed by atoms with Crippen LogP contribution in [0.25, 0.3) is 4.91 Å². The molecule has 2 amide bonds. The predicted octanol–water partition coefficient (Wildman–Crippen LogP) is 8.37. The zero-order valence-electron chi connectivity index (χ0n) is 40.2. The monoisotopic (exact) mass is 1040 g/mol. The van der Waals surface area contributed by atoms with Gasteiger partial charge in [0, 0.05) is 22.7 Å². The second kappa shape index (κ2) is 22.4. The molecule has 2 aliphatic rings. The number of hydrogen-bond donors (Lipinski definition) is 3. The number of carbonyl (C=O) groups is 4. The van der Waals surface area contributed by atoms with Crippen LogP contribution in [-0.2, 0) is 49.8 Å². The summed E-state index contributed by atoms with van der Waals surface area (Å²) in [6.07, 6.45) is 3.64. The van der Waals surface area contributed by atoms with Gasteiger partial charge < -0.3 is 24.9 Å². The van der Waals surface area contributed by atoms with Crippen LogP contribution in [0.3, 0.4) is 0 Å². The van der Waals surface area contributed by atoms with Gasteiger partial charge in [-0.15, -0.1) is 24.0 Å². The van der Waals surface area contributed by atoms with Crippen molar-refractivity contribution in [2.75, 3.05) is 17.7 Å². The third-order valence-electron chi connectivity index (χ3n) is 11.8. The van der Waals surface area contributed by atoms with Gasteiger partial charge in [0.05, 0.1) is 16.6 Å². The highest BCUT2D eigenvalue weighted by molar-refractivity contribution is 7.90. The van der Waals surface area contributed by atoms with Crippen LogP contribution in [-0.4, -0.2) is 82.9 Å². The number of esters is 2. The Morgan fingerprint density at radius 1 is 0.811 bits per heavy atom. The molecule has 3 unspecified atom stereocenters. The summed E-state index contributed by atoms with van der Waals surface area (Å²) in [4.78, 5) is 77.0.